The molecule has 0 aromatic heterocycles. The molecule has 0 radical (unpaired) electrons. The lowest BCUT2D eigenvalue weighted by molar-refractivity contribution is -0.140. The van der Waals surface area contributed by atoms with Crippen molar-refractivity contribution < 1.29 is 19.1 Å². The second-order valence-electron chi connectivity index (χ2n) is 4.12. The van der Waals surface area contributed by atoms with Crippen molar-refractivity contribution in [2.24, 2.45) is 0 Å². The van der Waals surface area contributed by atoms with Gasteiger partial charge in [-0.1, -0.05) is 11.6 Å². The van der Waals surface area contributed by atoms with E-state index in [0.29, 0.717) is 12.8 Å². The molecule has 1 aromatic carbocycles. The van der Waals surface area contributed by atoms with Gasteiger partial charge in [0, 0.05) is 10.7 Å². The van der Waals surface area contributed by atoms with Crippen LogP contribution in [0, 0.1) is 5.82 Å². The molecule has 2 amide bonds. The summed E-state index contributed by atoms with van der Waals surface area (Å²) in [4.78, 5) is 22.4. The van der Waals surface area contributed by atoms with Gasteiger partial charge in [-0.25, -0.2) is 14.0 Å². The molecular formula is C11H10ClFN2O3. The Morgan fingerprint density at radius 3 is 2.50 bits per heavy atom. The summed E-state index contributed by atoms with van der Waals surface area (Å²) in [5, 5.41) is 13.7. The van der Waals surface area contributed by atoms with E-state index in [2.05, 4.69) is 10.6 Å². The zero-order valence-corrected chi connectivity index (χ0v) is 9.92. The molecule has 0 unspecified atom stereocenters. The van der Waals surface area contributed by atoms with E-state index < -0.39 is 23.4 Å². The van der Waals surface area contributed by atoms with Gasteiger partial charge in [0.2, 0.25) is 0 Å². The van der Waals surface area contributed by atoms with Gasteiger partial charge >= 0.3 is 12.0 Å². The summed E-state index contributed by atoms with van der Waals surface area (Å²) < 4.78 is 13.0. The maximum absolute atomic E-state index is 13.0. The third-order valence-corrected chi connectivity index (χ3v) is 2.85. The quantitative estimate of drug-likeness (QED) is 0.789. The monoisotopic (exact) mass is 272 g/mol. The van der Waals surface area contributed by atoms with Gasteiger partial charge < -0.3 is 15.7 Å². The summed E-state index contributed by atoms with van der Waals surface area (Å²) in [5.74, 6) is -1.66. The van der Waals surface area contributed by atoms with Crippen LogP contribution in [0.2, 0.25) is 5.02 Å². The van der Waals surface area contributed by atoms with Gasteiger partial charge in [0.15, 0.2) is 0 Å². The lowest BCUT2D eigenvalue weighted by atomic mass is 10.3. The fourth-order valence-corrected chi connectivity index (χ4v) is 1.74. The van der Waals surface area contributed by atoms with Gasteiger partial charge in [0.1, 0.15) is 11.4 Å². The molecule has 3 N–H and O–H groups in total. The number of hydrogen-bond donors (Lipinski definition) is 3. The van der Waals surface area contributed by atoms with E-state index in [0.717, 1.165) is 12.1 Å². The Labute approximate surface area is 107 Å². The number of aliphatic carboxylic acids is 1. The van der Waals surface area contributed by atoms with Crippen molar-refractivity contribution in [1.29, 1.82) is 0 Å². The molecule has 0 atom stereocenters. The minimum Gasteiger partial charge on any atom is -0.480 e. The molecule has 1 aromatic rings. The van der Waals surface area contributed by atoms with Crippen LogP contribution in [-0.2, 0) is 4.79 Å². The van der Waals surface area contributed by atoms with E-state index in [1.54, 1.807) is 0 Å². The number of carboxylic acid groups (broad SMARTS) is 1. The van der Waals surface area contributed by atoms with E-state index in [-0.39, 0.29) is 10.7 Å². The first-order valence-corrected chi connectivity index (χ1v) is 5.58. The summed E-state index contributed by atoms with van der Waals surface area (Å²) in [6, 6.07) is 2.86. The summed E-state index contributed by atoms with van der Waals surface area (Å²) >= 11 is 5.62. The fourth-order valence-electron chi connectivity index (χ4n) is 1.52. The second-order valence-corrected chi connectivity index (χ2v) is 4.56. The van der Waals surface area contributed by atoms with Crippen LogP contribution in [0.5, 0.6) is 0 Å². The molecule has 1 aliphatic carbocycles. The number of hydrogen-bond acceptors (Lipinski definition) is 2. The summed E-state index contributed by atoms with van der Waals surface area (Å²) in [6.45, 7) is 0. The van der Waals surface area contributed by atoms with Crippen molar-refractivity contribution in [2.75, 3.05) is 5.32 Å². The number of anilines is 1. The van der Waals surface area contributed by atoms with Gasteiger partial charge in [-0.2, -0.15) is 0 Å². The maximum Gasteiger partial charge on any atom is 0.329 e. The predicted octanol–water partition coefficient (Wildman–Crippen LogP) is 2.22. The average Bonchev–Trinajstić information content (AvgIpc) is 2.96. The van der Waals surface area contributed by atoms with E-state index in [1.807, 2.05) is 0 Å². The first kappa shape index (κ1) is 12.6. The van der Waals surface area contributed by atoms with Crippen LogP contribution >= 0.6 is 11.6 Å². The van der Waals surface area contributed by atoms with E-state index in [4.69, 9.17) is 16.7 Å². The first-order chi connectivity index (χ1) is 8.41. The molecule has 2 rings (SSSR count). The van der Waals surface area contributed by atoms with Crippen LogP contribution in [0.15, 0.2) is 18.2 Å². The molecule has 0 bridgehead atoms. The van der Waals surface area contributed by atoms with Gasteiger partial charge in [0.05, 0.1) is 0 Å². The molecule has 5 nitrogen and oxygen atoms in total. The summed E-state index contributed by atoms with van der Waals surface area (Å²) in [7, 11) is 0. The van der Waals surface area contributed by atoms with Crippen molar-refractivity contribution in [3.8, 4) is 0 Å². The highest BCUT2D eigenvalue weighted by Crippen LogP contribution is 2.35. The third-order valence-electron chi connectivity index (χ3n) is 2.63. The molecule has 1 aliphatic rings. The van der Waals surface area contributed by atoms with Crippen LogP contribution in [-0.4, -0.2) is 22.6 Å². The van der Waals surface area contributed by atoms with Crippen molar-refractivity contribution in [2.45, 2.75) is 18.4 Å². The third kappa shape index (κ3) is 2.70. The number of carbonyl (C=O) groups excluding carboxylic acids is 1. The maximum atomic E-state index is 13.0. The van der Waals surface area contributed by atoms with Crippen LogP contribution < -0.4 is 10.6 Å². The number of benzene rings is 1. The largest absolute Gasteiger partial charge is 0.480 e. The topological polar surface area (TPSA) is 78.4 Å². The zero-order valence-electron chi connectivity index (χ0n) is 9.17. The van der Waals surface area contributed by atoms with E-state index in [9.17, 15) is 14.0 Å². The molecule has 7 heteroatoms. The van der Waals surface area contributed by atoms with Crippen LogP contribution in [0.25, 0.3) is 0 Å². The number of nitrogens with one attached hydrogen (secondary N) is 2. The van der Waals surface area contributed by atoms with Gasteiger partial charge in [0.25, 0.3) is 0 Å². The molecule has 1 saturated carbocycles. The smallest absolute Gasteiger partial charge is 0.329 e. The number of urea groups is 1. The Bertz CT molecular complexity index is 497. The minimum absolute atomic E-state index is 0.143. The predicted molar refractivity (Wildman–Crippen MR) is 63.2 cm³/mol. The number of rotatable bonds is 3. The molecule has 0 saturated heterocycles. The van der Waals surface area contributed by atoms with Crippen molar-refractivity contribution in [3.05, 3.63) is 29.0 Å². The van der Waals surface area contributed by atoms with Crippen molar-refractivity contribution >= 4 is 29.3 Å². The van der Waals surface area contributed by atoms with E-state index in [1.165, 1.54) is 6.07 Å². The van der Waals surface area contributed by atoms with Crippen LogP contribution in [0.1, 0.15) is 12.8 Å². The van der Waals surface area contributed by atoms with Crippen molar-refractivity contribution in [1.82, 2.24) is 5.32 Å². The Balaban J connectivity index is 2.01. The highest BCUT2D eigenvalue weighted by Gasteiger charge is 2.51. The van der Waals surface area contributed by atoms with Gasteiger partial charge in [-0.05, 0) is 31.0 Å². The normalized spacial score (nSPS) is 15.9. The highest BCUT2D eigenvalue weighted by molar-refractivity contribution is 6.30. The molecule has 96 valence electrons. The number of carbonyl (C=O) groups is 2. The first-order valence-electron chi connectivity index (χ1n) is 5.20. The molecular weight excluding hydrogens is 263 g/mol. The number of halogens is 2. The lowest BCUT2D eigenvalue weighted by Crippen LogP contribution is -2.45. The second kappa shape index (κ2) is 4.45. The Kier molecular flexibility index (Phi) is 3.13. The Morgan fingerprint density at radius 2 is 2.00 bits per heavy atom. The Morgan fingerprint density at radius 1 is 1.33 bits per heavy atom. The standard InChI is InChI=1S/C11H10ClFN2O3/c12-6-3-7(13)5-8(4-6)14-10(18)15-11(1-2-11)9(16)17/h3-5H,1-2H2,(H,16,17)(H2,14,15,18). The van der Waals surface area contributed by atoms with Crippen LogP contribution in [0.4, 0.5) is 14.9 Å². The summed E-state index contributed by atoms with van der Waals surface area (Å²) in [6.07, 6.45) is 0.777. The van der Waals surface area contributed by atoms with Gasteiger partial charge in [-0.3, -0.25) is 0 Å². The fraction of sp³-hybridized carbons (Fsp3) is 0.273. The Hall–Kier alpha value is -1.82. The molecule has 0 aliphatic heterocycles. The zero-order chi connectivity index (χ0) is 13.3. The lowest BCUT2D eigenvalue weighted by Gasteiger charge is -2.13. The molecule has 0 spiro atoms. The van der Waals surface area contributed by atoms with Crippen LogP contribution in [0.3, 0.4) is 0 Å². The minimum atomic E-state index is -1.18. The number of carboxylic acids is 1. The average molecular weight is 273 g/mol. The molecule has 0 heterocycles. The molecule has 1 fully saturated rings. The van der Waals surface area contributed by atoms with E-state index >= 15 is 0 Å². The number of amides is 2. The van der Waals surface area contributed by atoms with Gasteiger partial charge in [-0.15, -0.1) is 0 Å². The molecule has 18 heavy (non-hydrogen) atoms. The SMILES string of the molecule is O=C(Nc1cc(F)cc(Cl)c1)NC1(C(=O)O)CC1. The van der Waals surface area contributed by atoms with Crippen molar-refractivity contribution in [3.63, 3.8) is 0 Å². The summed E-state index contributed by atoms with van der Waals surface area (Å²) in [5.41, 5.74) is -1.01. The highest BCUT2D eigenvalue weighted by atomic mass is 35.5.